The highest BCUT2D eigenvalue weighted by Gasteiger charge is 2.30. The third kappa shape index (κ3) is 6.06. The highest BCUT2D eigenvalue weighted by atomic mass is 79.9. The summed E-state index contributed by atoms with van der Waals surface area (Å²) in [5.41, 5.74) is 2.79. The molecule has 7 nitrogen and oxygen atoms in total. The van der Waals surface area contributed by atoms with Gasteiger partial charge in [0.2, 0.25) is 0 Å². The molecule has 10 heteroatoms. The Morgan fingerprint density at radius 3 is 2.49 bits per heavy atom. The molecule has 190 valence electrons. The number of carbonyl (C=O) groups excluding carboxylic acids is 2. The largest absolute Gasteiger partial charge is 0.490 e. The van der Waals surface area contributed by atoms with Crippen LogP contribution in [0, 0.1) is 0 Å². The average molecular weight is 648 g/mol. The van der Waals surface area contributed by atoms with Crippen LogP contribution in [0.3, 0.4) is 0 Å². The van der Waals surface area contributed by atoms with Gasteiger partial charge >= 0.3 is 0 Å². The SMILES string of the molecule is CCOc1cc(C=C2C(=O)N(c3ccccc3Cl)N=C2C)c(Br)c(Br)c1OCC(=O)Nc1ccccc1. The van der Waals surface area contributed by atoms with Gasteiger partial charge in [-0.05, 0) is 87.7 Å². The first-order chi connectivity index (χ1) is 17.8. The van der Waals surface area contributed by atoms with Gasteiger partial charge in [0.05, 0.1) is 33.1 Å². The van der Waals surface area contributed by atoms with Crippen LogP contribution in [0.1, 0.15) is 19.4 Å². The number of para-hydroxylation sites is 2. The Morgan fingerprint density at radius 1 is 1.08 bits per heavy atom. The van der Waals surface area contributed by atoms with E-state index in [9.17, 15) is 9.59 Å². The Bertz CT molecular complexity index is 1410. The van der Waals surface area contributed by atoms with E-state index in [1.54, 1.807) is 55.5 Å². The Kier molecular flexibility index (Phi) is 8.68. The van der Waals surface area contributed by atoms with Gasteiger partial charge in [0, 0.05) is 10.2 Å². The molecule has 3 aromatic carbocycles. The zero-order chi connectivity index (χ0) is 26.5. The lowest BCUT2D eigenvalue weighted by atomic mass is 10.1. The fourth-order valence-electron chi connectivity index (χ4n) is 3.59. The van der Waals surface area contributed by atoms with E-state index in [0.29, 0.717) is 60.3 Å². The highest BCUT2D eigenvalue weighted by Crippen LogP contribution is 2.44. The van der Waals surface area contributed by atoms with Crippen molar-refractivity contribution in [2.75, 3.05) is 23.5 Å². The summed E-state index contributed by atoms with van der Waals surface area (Å²) in [5, 5.41) is 8.91. The molecule has 1 N–H and O–H groups in total. The molecule has 4 rings (SSSR count). The van der Waals surface area contributed by atoms with E-state index in [0.717, 1.165) is 0 Å². The fraction of sp³-hybridized carbons (Fsp3) is 0.148. The fourth-order valence-corrected chi connectivity index (χ4v) is 4.75. The van der Waals surface area contributed by atoms with Gasteiger partial charge in [-0.25, -0.2) is 0 Å². The molecule has 2 amide bonds. The van der Waals surface area contributed by atoms with Crippen LogP contribution in [0.15, 0.2) is 80.3 Å². The summed E-state index contributed by atoms with van der Waals surface area (Å²) in [5.74, 6) is 0.162. The maximum Gasteiger partial charge on any atom is 0.280 e. The van der Waals surface area contributed by atoms with Gasteiger partial charge in [-0.3, -0.25) is 9.59 Å². The number of ether oxygens (including phenoxy) is 2. The molecule has 1 heterocycles. The number of hydrogen-bond acceptors (Lipinski definition) is 5. The van der Waals surface area contributed by atoms with E-state index < -0.39 is 0 Å². The van der Waals surface area contributed by atoms with Crippen molar-refractivity contribution in [1.82, 2.24) is 0 Å². The summed E-state index contributed by atoms with van der Waals surface area (Å²) < 4.78 is 12.8. The molecule has 1 aliphatic heterocycles. The van der Waals surface area contributed by atoms with Crippen LogP contribution >= 0.6 is 43.5 Å². The number of carbonyl (C=O) groups is 2. The predicted molar refractivity (Wildman–Crippen MR) is 154 cm³/mol. The second kappa shape index (κ2) is 11.9. The van der Waals surface area contributed by atoms with Crippen LogP contribution in [0.25, 0.3) is 6.08 Å². The van der Waals surface area contributed by atoms with E-state index in [1.807, 2.05) is 25.1 Å². The number of nitrogens with zero attached hydrogens (tertiary/aromatic N) is 2. The van der Waals surface area contributed by atoms with Crippen molar-refractivity contribution in [3.63, 3.8) is 0 Å². The second-order valence-corrected chi connectivity index (χ2v) is 9.86. The minimum absolute atomic E-state index is 0.225. The minimum atomic E-state index is -0.314. The summed E-state index contributed by atoms with van der Waals surface area (Å²) in [4.78, 5) is 25.6. The second-order valence-electron chi connectivity index (χ2n) is 7.87. The maximum absolute atomic E-state index is 13.2. The predicted octanol–water partition coefficient (Wildman–Crippen LogP) is 7.09. The number of benzene rings is 3. The molecule has 0 unspecified atom stereocenters. The smallest absolute Gasteiger partial charge is 0.280 e. The lowest BCUT2D eigenvalue weighted by Crippen LogP contribution is -2.21. The van der Waals surface area contributed by atoms with Crippen molar-refractivity contribution in [2.45, 2.75) is 13.8 Å². The number of halogens is 3. The number of nitrogens with one attached hydrogen (secondary N) is 1. The Labute approximate surface area is 236 Å². The first kappa shape index (κ1) is 26.9. The number of amides is 2. The Hall–Kier alpha value is -3.14. The maximum atomic E-state index is 13.2. The summed E-state index contributed by atoms with van der Waals surface area (Å²) in [6.45, 7) is 3.75. The van der Waals surface area contributed by atoms with Crippen molar-refractivity contribution >= 4 is 78.4 Å². The molecule has 0 saturated heterocycles. The lowest BCUT2D eigenvalue weighted by Gasteiger charge is -2.17. The van der Waals surface area contributed by atoms with Crippen molar-refractivity contribution in [3.8, 4) is 11.5 Å². The summed E-state index contributed by atoms with van der Waals surface area (Å²) in [6, 6.07) is 17.9. The summed E-state index contributed by atoms with van der Waals surface area (Å²) in [7, 11) is 0. The van der Waals surface area contributed by atoms with Gasteiger partial charge in [-0.1, -0.05) is 41.9 Å². The summed E-state index contributed by atoms with van der Waals surface area (Å²) in [6.07, 6.45) is 1.72. The molecule has 0 saturated carbocycles. The van der Waals surface area contributed by atoms with Crippen LogP contribution in [0.4, 0.5) is 11.4 Å². The van der Waals surface area contributed by atoms with Crippen LogP contribution in [0.2, 0.25) is 5.02 Å². The standard InChI is InChI=1S/C27H22Br2ClN3O4/c1-3-36-22-14-17(13-19-16(2)32-33(27(19)35)21-12-8-7-11-20(21)30)24(28)25(29)26(22)37-15-23(34)31-18-9-5-4-6-10-18/h4-14H,3,15H2,1-2H3,(H,31,34). The van der Waals surface area contributed by atoms with Crippen LogP contribution in [-0.2, 0) is 9.59 Å². The zero-order valence-electron chi connectivity index (χ0n) is 19.9. The number of anilines is 2. The molecular formula is C27H22Br2ClN3O4. The van der Waals surface area contributed by atoms with Crippen LogP contribution in [-0.4, -0.2) is 30.7 Å². The third-order valence-electron chi connectivity index (χ3n) is 5.30. The molecule has 0 aromatic heterocycles. The van der Waals surface area contributed by atoms with Gasteiger partial charge < -0.3 is 14.8 Å². The van der Waals surface area contributed by atoms with Gasteiger partial charge in [-0.15, -0.1) is 0 Å². The average Bonchev–Trinajstić information content (AvgIpc) is 3.16. The van der Waals surface area contributed by atoms with E-state index in [4.69, 9.17) is 21.1 Å². The van der Waals surface area contributed by atoms with Gasteiger partial charge in [0.15, 0.2) is 18.1 Å². The monoisotopic (exact) mass is 645 g/mol. The third-order valence-corrected chi connectivity index (χ3v) is 7.77. The normalized spacial score (nSPS) is 14.1. The van der Waals surface area contributed by atoms with Crippen LogP contribution in [0.5, 0.6) is 11.5 Å². The topological polar surface area (TPSA) is 80.2 Å². The number of hydrogen-bond donors (Lipinski definition) is 1. The zero-order valence-corrected chi connectivity index (χ0v) is 23.9. The first-order valence-electron chi connectivity index (χ1n) is 11.3. The molecule has 3 aromatic rings. The van der Waals surface area contributed by atoms with Gasteiger partial charge in [0.1, 0.15) is 0 Å². The number of hydrazone groups is 1. The molecule has 0 aliphatic carbocycles. The highest BCUT2D eigenvalue weighted by molar-refractivity contribution is 9.13. The number of rotatable bonds is 8. The van der Waals surface area contributed by atoms with Crippen molar-refractivity contribution in [3.05, 3.63) is 85.8 Å². The molecular weight excluding hydrogens is 626 g/mol. The molecule has 0 radical (unpaired) electrons. The lowest BCUT2D eigenvalue weighted by molar-refractivity contribution is -0.118. The molecule has 0 spiro atoms. The molecule has 1 aliphatic rings. The molecule has 0 atom stereocenters. The van der Waals surface area contributed by atoms with Crippen molar-refractivity contribution in [2.24, 2.45) is 5.10 Å². The molecule has 37 heavy (non-hydrogen) atoms. The van der Waals surface area contributed by atoms with E-state index in [1.165, 1.54) is 5.01 Å². The molecule has 0 fully saturated rings. The molecule has 0 bridgehead atoms. The quantitative estimate of drug-likeness (QED) is 0.265. The van der Waals surface area contributed by atoms with E-state index >= 15 is 0 Å². The van der Waals surface area contributed by atoms with Gasteiger partial charge in [0.25, 0.3) is 11.8 Å². The van der Waals surface area contributed by atoms with Crippen molar-refractivity contribution < 1.29 is 19.1 Å². The van der Waals surface area contributed by atoms with E-state index in [2.05, 4.69) is 42.3 Å². The van der Waals surface area contributed by atoms with Crippen LogP contribution < -0.4 is 19.8 Å². The minimum Gasteiger partial charge on any atom is -0.490 e. The summed E-state index contributed by atoms with van der Waals surface area (Å²) >= 11 is 13.4. The first-order valence-corrected chi connectivity index (χ1v) is 13.2. The Balaban J connectivity index is 1.60. The van der Waals surface area contributed by atoms with E-state index in [-0.39, 0.29) is 18.4 Å². The van der Waals surface area contributed by atoms with Gasteiger partial charge in [-0.2, -0.15) is 10.1 Å². The van der Waals surface area contributed by atoms with Crippen molar-refractivity contribution in [1.29, 1.82) is 0 Å². The Morgan fingerprint density at radius 2 is 1.78 bits per heavy atom.